The van der Waals surface area contributed by atoms with E-state index in [9.17, 15) is 0 Å². The predicted molar refractivity (Wildman–Crippen MR) is 153 cm³/mol. The number of aromatic nitrogens is 2. The minimum Gasteiger partial charge on any atom is -0.386 e. The molecule has 0 spiro atoms. The zero-order valence-electron chi connectivity index (χ0n) is 26.5. The van der Waals surface area contributed by atoms with Crippen LogP contribution in [0.3, 0.4) is 0 Å². The van der Waals surface area contributed by atoms with E-state index in [0.29, 0.717) is 0 Å². The van der Waals surface area contributed by atoms with E-state index in [1.54, 1.807) is 0 Å². The van der Waals surface area contributed by atoms with Gasteiger partial charge in [-0.1, -0.05) is 82.1 Å². The average molecular weight is 1360 g/mol. The van der Waals surface area contributed by atoms with E-state index in [2.05, 4.69) is 100 Å². The molecule has 2 heterocycles. The molecule has 0 saturated heterocycles. The number of pyridine rings is 2. The van der Waals surface area contributed by atoms with Crippen molar-refractivity contribution in [2.45, 2.75) is 53.4 Å². The fourth-order valence-electron chi connectivity index (χ4n) is 2.95. The summed E-state index contributed by atoms with van der Waals surface area (Å²) in [6, 6.07) is 16.3. The Kier molecular flexibility index (Phi) is 80.2. The summed E-state index contributed by atoms with van der Waals surface area (Å²) >= 11 is 0. The van der Waals surface area contributed by atoms with E-state index < -0.39 is 0 Å². The Morgan fingerprint density at radius 1 is 0.643 bits per heavy atom. The molecule has 2 aromatic carbocycles. The van der Waals surface area contributed by atoms with Gasteiger partial charge in [0.1, 0.15) is 0 Å². The van der Waals surface area contributed by atoms with Gasteiger partial charge in [-0.15, -0.1) is 27.5 Å². The standard InChI is InChI=1S/2C12H11N.2C3H7.2CH3.2W.6Y/c1-3-10-4-5-11-9(2)6-7-13-12(11)8-10;1-3-10-5-4-6-11-9(2)7-8-13-12(10)11;2*1-3-2;;;;;;;;;;/h4-6,8H,1,3H2,2H3;4-7H,1,3H2,2H3;2*1,3H2,2H3;2*1H3;;;;;;;;/q2*-2;4*-1;2*+2;;;;;;. The maximum absolute atomic E-state index is 4.25. The summed E-state index contributed by atoms with van der Waals surface area (Å²) in [6.07, 6.45) is 9.38. The molecule has 0 aliphatic heterocycles. The van der Waals surface area contributed by atoms with Crippen molar-refractivity contribution in [3.05, 3.63) is 126 Å². The Morgan fingerprint density at radius 2 is 1.10 bits per heavy atom. The molecule has 2 aromatic heterocycles. The van der Waals surface area contributed by atoms with Gasteiger partial charge < -0.3 is 52.5 Å². The SMILES string of the molecule is [CH2-]CC.[CH2-]CC.[CH2-]Cc1ccc2c(C)c[c-]nc2c1.[CH2-]Cc1cccc2c(C)c[c-]nc12.[CH3-].[CH3-].[W+2].[W+2].[Y].[Y].[Y].[Y].[Y].[Y]. The summed E-state index contributed by atoms with van der Waals surface area (Å²) in [6.45, 7) is 22.9. The van der Waals surface area contributed by atoms with Crippen LogP contribution in [0.1, 0.15) is 48.9 Å². The van der Waals surface area contributed by atoms with E-state index in [-0.39, 0.29) is 253 Å². The smallest absolute Gasteiger partial charge is 0.386 e. The largest absolute Gasteiger partial charge is 2.00 e. The van der Waals surface area contributed by atoms with Crippen molar-refractivity contribution in [1.29, 1.82) is 0 Å². The molecule has 42 heavy (non-hydrogen) atoms. The molecular weight excluding hydrogens is 1310 g/mol. The van der Waals surface area contributed by atoms with Gasteiger partial charge in [0.15, 0.2) is 0 Å². The van der Waals surface area contributed by atoms with E-state index in [4.69, 9.17) is 0 Å². The van der Waals surface area contributed by atoms with E-state index in [1.165, 1.54) is 33.0 Å². The third-order valence-corrected chi connectivity index (χ3v) is 4.51. The van der Waals surface area contributed by atoms with Crippen molar-refractivity contribution in [2.24, 2.45) is 0 Å². The topological polar surface area (TPSA) is 25.8 Å². The first-order valence-corrected chi connectivity index (χ1v) is 11.2. The quantitative estimate of drug-likeness (QED) is 0.188. The maximum Gasteiger partial charge on any atom is 2.00 e. The molecule has 214 valence electrons. The number of para-hydroxylation sites is 1. The second-order valence-electron chi connectivity index (χ2n) is 7.30. The third-order valence-electron chi connectivity index (χ3n) is 4.51. The van der Waals surface area contributed by atoms with Gasteiger partial charge in [0, 0.05) is 196 Å². The predicted octanol–water partition coefficient (Wildman–Crippen LogP) is 8.78. The van der Waals surface area contributed by atoms with Crippen LogP contribution in [0.2, 0.25) is 0 Å². The Morgan fingerprint density at radius 3 is 1.55 bits per heavy atom. The minimum atomic E-state index is 0. The summed E-state index contributed by atoms with van der Waals surface area (Å²) in [5, 5.41) is 2.41. The van der Waals surface area contributed by atoms with Gasteiger partial charge in [0.25, 0.3) is 0 Å². The first kappa shape index (κ1) is 72.8. The third kappa shape index (κ3) is 28.0. The number of nitrogens with zero attached hydrogens (tertiary/aromatic N) is 2. The molecule has 0 aliphatic rings. The Labute approximate surface area is 440 Å². The van der Waals surface area contributed by atoms with Crippen LogP contribution in [0.5, 0.6) is 0 Å². The molecule has 0 atom stereocenters. The Bertz CT molecular complexity index is 1100. The molecule has 10 heteroatoms. The number of fused-ring (bicyclic) bond motifs is 2. The maximum atomic E-state index is 4.25. The minimum absolute atomic E-state index is 0. The zero-order chi connectivity index (χ0) is 23.9. The van der Waals surface area contributed by atoms with Gasteiger partial charge >= 0.3 is 42.1 Å². The van der Waals surface area contributed by atoms with E-state index in [0.717, 1.165) is 36.7 Å². The fourth-order valence-corrected chi connectivity index (χ4v) is 2.95. The second-order valence-corrected chi connectivity index (χ2v) is 7.30. The van der Waals surface area contributed by atoms with E-state index in [1.807, 2.05) is 26.0 Å². The molecule has 0 saturated carbocycles. The Hall–Kier alpha value is 5.26. The van der Waals surface area contributed by atoms with Crippen molar-refractivity contribution in [2.75, 3.05) is 0 Å². The molecule has 0 amide bonds. The number of benzene rings is 2. The molecule has 0 aliphatic carbocycles. The van der Waals surface area contributed by atoms with Gasteiger partial charge in [-0.3, -0.25) is 0 Å². The number of hydrogen-bond acceptors (Lipinski definition) is 2. The van der Waals surface area contributed by atoms with Crippen LogP contribution in [-0.4, -0.2) is 9.97 Å². The summed E-state index contributed by atoms with van der Waals surface area (Å²) in [7, 11) is 0. The zero-order valence-corrected chi connectivity index (χ0v) is 49.3. The number of aryl methyl sites for hydroxylation is 2. The van der Waals surface area contributed by atoms with Crippen molar-refractivity contribution in [3.8, 4) is 0 Å². The van der Waals surface area contributed by atoms with Crippen molar-refractivity contribution < 1.29 is 238 Å². The number of rotatable bonds is 2. The van der Waals surface area contributed by atoms with E-state index >= 15 is 0 Å². The summed E-state index contributed by atoms with van der Waals surface area (Å²) in [4.78, 5) is 8.45. The molecule has 4 aromatic rings. The van der Waals surface area contributed by atoms with Crippen LogP contribution in [0.15, 0.2) is 48.5 Å². The van der Waals surface area contributed by atoms with Crippen molar-refractivity contribution in [3.63, 3.8) is 0 Å². The average Bonchev–Trinajstić information content (AvgIpc) is 2.80. The van der Waals surface area contributed by atoms with Crippen LogP contribution in [-0.2, 0) is 251 Å². The summed E-state index contributed by atoms with van der Waals surface area (Å²) < 4.78 is 0. The van der Waals surface area contributed by atoms with Crippen LogP contribution >= 0.6 is 0 Å². The molecule has 6 radical (unpaired) electrons. The molecule has 0 fully saturated rings. The van der Waals surface area contributed by atoms with Crippen LogP contribution < -0.4 is 0 Å². The molecule has 0 unspecified atom stereocenters. The normalized spacial score (nSPS) is 7.43. The number of hydrogen-bond donors (Lipinski definition) is 0. The second kappa shape index (κ2) is 46.3. The van der Waals surface area contributed by atoms with Crippen molar-refractivity contribution in [1.82, 2.24) is 9.97 Å². The first-order valence-electron chi connectivity index (χ1n) is 11.2. The van der Waals surface area contributed by atoms with Gasteiger partial charge in [-0.25, -0.2) is 0 Å². The van der Waals surface area contributed by atoms with Gasteiger partial charge in [0.05, 0.1) is 0 Å². The molecule has 0 N–H and O–H groups in total. The van der Waals surface area contributed by atoms with Crippen molar-refractivity contribution >= 4 is 21.8 Å². The van der Waals surface area contributed by atoms with Gasteiger partial charge in [0.2, 0.25) is 0 Å². The van der Waals surface area contributed by atoms with Gasteiger partial charge in [-0.05, 0) is 11.0 Å². The summed E-state index contributed by atoms with van der Waals surface area (Å²) in [5.41, 5.74) is 6.91. The fraction of sp³-hybridized carbons (Fsp3) is 0.250. The molecule has 0 bridgehead atoms. The first-order chi connectivity index (χ1) is 15.5. The molecular formula is C32H42N2W2Y6-4. The Balaban J connectivity index is -0.0000000427. The summed E-state index contributed by atoms with van der Waals surface area (Å²) in [5.74, 6) is 0. The van der Waals surface area contributed by atoms with Crippen LogP contribution in [0.25, 0.3) is 21.8 Å². The van der Waals surface area contributed by atoms with Gasteiger partial charge in [-0.2, -0.15) is 37.8 Å². The molecule has 2 nitrogen and oxygen atoms in total. The van der Waals surface area contributed by atoms with Crippen LogP contribution in [0, 0.1) is 68.8 Å². The molecule has 4 rings (SSSR count). The van der Waals surface area contributed by atoms with Crippen LogP contribution in [0.4, 0.5) is 0 Å². The monoisotopic (exact) mass is 1360 g/mol.